The predicted octanol–water partition coefficient (Wildman–Crippen LogP) is 5.14. The second-order valence-electron chi connectivity index (χ2n) is 9.64. The normalized spacial score (nSPS) is 24.7. The van der Waals surface area contributed by atoms with Gasteiger partial charge in [-0.2, -0.15) is 0 Å². The Morgan fingerprint density at radius 2 is 1.81 bits per heavy atom. The van der Waals surface area contributed by atoms with E-state index < -0.39 is 37.6 Å². The number of sulfone groups is 1. The molecular formula is C23H32F3NO3S. The highest BCUT2D eigenvalue weighted by Crippen LogP contribution is 2.36. The molecule has 0 heterocycles. The quantitative estimate of drug-likeness (QED) is 0.613. The van der Waals surface area contributed by atoms with Crippen molar-refractivity contribution >= 4 is 15.6 Å². The minimum Gasteiger partial charge on any atom is -0.325 e. The fraction of sp³-hybridized carbons (Fsp3) is 0.696. The molecule has 2 saturated carbocycles. The molecule has 0 saturated heterocycles. The molecule has 0 aromatic heterocycles. The molecule has 0 bridgehead atoms. The van der Waals surface area contributed by atoms with Crippen LogP contribution in [0.4, 0.5) is 13.2 Å². The standard InChI is InChI=1S/C23H32F3NO3S/c1-22(25,26)18-11-19(24)13-20(12-18)31(29,30)15-16-6-5-7-17(10-16)21(28)14-23(27)8-3-2-4-9-23/h11-13,16-17H,2-10,14-15,27H2,1H3. The lowest BCUT2D eigenvalue weighted by molar-refractivity contribution is -0.125. The zero-order valence-electron chi connectivity index (χ0n) is 18.0. The molecule has 0 spiro atoms. The minimum absolute atomic E-state index is 0.102. The molecule has 1 aromatic carbocycles. The zero-order chi connectivity index (χ0) is 22.9. The fourth-order valence-electron chi connectivity index (χ4n) is 5.06. The van der Waals surface area contributed by atoms with Crippen LogP contribution in [0.5, 0.6) is 0 Å². The summed E-state index contributed by atoms with van der Waals surface area (Å²) < 4.78 is 66.8. The first-order chi connectivity index (χ1) is 14.4. The van der Waals surface area contributed by atoms with Gasteiger partial charge in [0.25, 0.3) is 5.92 Å². The van der Waals surface area contributed by atoms with Gasteiger partial charge in [-0.1, -0.05) is 25.7 Å². The molecule has 0 aliphatic heterocycles. The van der Waals surface area contributed by atoms with Crippen LogP contribution in [-0.2, 0) is 20.6 Å². The number of benzene rings is 1. The molecule has 174 valence electrons. The first kappa shape index (κ1) is 24.2. The lowest BCUT2D eigenvalue weighted by Crippen LogP contribution is -2.45. The van der Waals surface area contributed by atoms with Gasteiger partial charge >= 0.3 is 0 Å². The van der Waals surface area contributed by atoms with Crippen LogP contribution in [0.3, 0.4) is 0 Å². The summed E-state index contributed by atoms with van der Waals surface area (Å²) in [5.41, 5.74) is 5.32. The number of nitrogens with two attached hydrogens (primary N) is 1. The van der Waals surface area contributed by atoms with Crippen molar-refractivity contribution in [1.29, 1.82) is 0 Å². The summed E-state index contributed by atoms with van der Waals surface area (Å²) >= 11 is 0. The molecule has 8 heteroatoms. The second kappa shape index (κ2) is 9.22. The number of ketones is 1. The Bertz CT molecular complexity index is 905. The van der Waals surface area contributed by atoms with E-state index in [0.717, 1.165) is 57.1 Å². The molecule has 2 aliphatic carbocycles. The van der Waals surface area contributed by atoms with Crippen LogP contribution in [0.2, 0.25) is 0 Å². The molecule has 31 heavy (non-hydrogen) atoms. The maximum absolute atomic E-state index is 13.8. The number of hydrogen-bond acceptors (Lipinski definition) is 4. The number of Topliss-reactive ketones (excluding diaryl/α,β-unsaturated/α-hetero) is 1. The van der Waals surface area contributed by atoms with E-state index in [0.29, 0.717) is 32.3 Å². The fourth-order valence-corrected chi connectivity index (χ4v) is 6.78. The second-order valence-corrected chi connectivity index (χ2v) is 11.7. The van der Waals surface area contributed by atoms with Crippen molar-refractivity contribution in [3.05, 3.63) is 29.6 Å². The third-order valence-electron chi connectivity index (χ3n) is 6.81. The zero-order valence-corrected chi connectivity index (χ0v) is 18.8. The van der Waals surface area contributed by atoms with Gasteiger partial charge in [0.1, 0.15) is 11.6 Å². The molecule has 4 nitrogen and oxygen atoms in total. The highest BCUT2D eigenvalue weighted by molar-refractivity contribution is 7.91. The summed E-state index contributed by atoms with van der Waals surface area (Å²) in [6.07, 6.45) is 7.75. The van der Waals surface area contributed by atoms with Crippen molar-refractivity contribution in [3.8, 4) is 0 Å². The largest absolute Gasteiger partial charge is 0.325 e. The first-order valence-corrected chi connectivity index (χ1v) is 12.8. The van der Waals surface area contributed by atoms with E-state index in [-0.39, 0.29) is 23.4 Å². The summed E-state index contributed by atoms with van der Waals surface area (Å²) in [5.74, 6) is -5.00. The molecule has 3 rings (SSSR count). The van der Waals surface area contributed by atoms with Gasteiger partial charge in [-0.3, -0.25) is 4.79 Å². The van der Waals surface area contributed by atoms with Gasteiger partial charge in [-0.15, -0.1) is 0 Å². The van der Waals surface area contributed by atoms with Crippen molar-refractivity contribution in [1.82, 2.24) is 0 Å². The summed E-state index contributed by atoms with van der Waals surface area (Å²) in [4.78, 5) is 12.5. The maximum Gasteiger partial charge on any atom is 0.270 e. The number of alkyl halides is 2. The van der Waals surface area contributed by atoms with Gasteiger partial charge in [0, 0.05) is 30.4 Å². The van der Waals surface area contributed by atoms with E-state index >= 15 is 0 Å². The van der Waals surface area contributed by atoms with Gasteiger partial charge in [-0.05, 0) is 56.2 Å². The van der Waals surface area contributed by atoms with E-state index in [1.807, 2.05) is 0 Å². The van der Waals surface area contributed by atoms with Crippen LogP contribution in [0.25, 0.3) is 0 Å². The maximum atomic E-state index is 13.8. The third-order valence-corrected chi connectivity index (χ3v) is 8.67. The van der Waals surface area contributed by atoms with Crippen molar-refractivity contribution in [2.75, 3.05) is 5.75 Å². The Hall–Kier alpha value is -1.41. The van der Waals surface area contributed by atoms with Crippen LogP contribution < -0.4 is 5.73 Å². The topological polar surface area (TPSA) is 77.2 Å². The van der Waals surface area contributed by atoms with Gasteiger partial charge in [-0.25, -0.2) is 21.6 Å². The summed E-state index contributed by atoms with van der Waals surface area (Å²) in [6, 6.07) is 2.30. The average Bonchev–Trinajstić information content (AvgIpc) is 2.67. The van der Waals surface area contributed by atoms with Gasteiger partial charge in [0.2, 0.25) is 0 Å². The Morgan fingerprint density at radius 3 is 2.45 bits per heavy atom. The number of carbonyl (C=O) groups is 1. The number of carbonyl (C=O) groups excluding carboxylic acids is 1. The van der Waals surface area contributed by atoms with Crippen LogP contribution in [-0.4, -0.2) is 25.5 Å². The van der Waals surface area contributed by atoms with Crippen molar-refractivity contribution in [2.24, 2.45) is 17.6 Å². The Kier molecular flexibility index (Phi) is 7.21. The molecule has 2 N–H and O–H groups in total. The molecule has 2 aliphatic rings. The SMILES string of the molecule is CC(F)(F)c1cc(F)cc(S(=O)(=O)CC2CCCC(C(=O)CC3(N)CCCCC3)C2)c1. The lowest BCUT2D eigenvalue weighted by atomic mass is 9.73. The molecule has 2 atom stereocenters. The first-order valence-electron chi connectivity index (χ1n) is 11.1. The Labute approximate surface area is 182 Å². The van der Waals surface area contributed by atoms with Gasteiger partial charge in [0.15, 0.2) is 9.84 Å². The molecular weight excluding hydrogens is 427 g/mol. The lowest BCUT2D eigenvalue weighted by Gasteiger charge is -2.35. The Balaban J connectivity index is 1.68. The molecule has 0 amide bonds. The highest BCUT2D eigenvalue weighted by atomic mass is 32.2. The van der Waals surface area contributed by atoms with E-state index in [2.05, 4.69) is 0 Å². The average molecular weight is 460 g/mol. The van der Waals surface area contributed by atoms with Gasteiger partial charge < -0.3 is 5.73 Å². The van der Waals surface area contributed by atoms with Crippen molar-refractivity contribution in [2.45, 2.75) is 87.5 Å². The number of halogens is 3. The van der Waals surface area contributed by atoms with Gasteiger partial charge in [0.05, 0.1) is 10.6 Å². The van der Waals surface area contributed by atoms with E-state index in [1.165, 1.54) is 0 Å². The summed E-state index contributed by atoms with van der Waals surface area (Å²) in [5, 5.41) is 0. The molecule has 0 radical (unpaired) electrons. The van der Waals surface area contributed by atoms with Crippen molar-refractivity contribution in [3.63, 3.8) is 0 Å². The van der Waals surface area contributed by atoms with Crippen LogP contribution in [0.15, 0.2) is 23.1 Å². The third kappa shape index (κ3) is 6.31. The summed E-state index contributed by atoms with van der Waals surface area (Å²) in [6.45, 7) is 0.603. The summed E-state index contributed by atoms with van der Waals surface area (Å²) in [7, 11) is -3.96. The van der Waals surface area contributed by atoms with E-state index in [9.17, 15) is 26.4 Å². The van der Waals surface area contributed by atoms with Crippen LogP contribution >= 0.6 is 0 Å². The molecule has 2 fully saturated rings. The number of rotatable bonds is 7. The molecule has 2 unspecified atom stereocenters. The highest BCUT2D eigenvalue weighted by Gasteiger charge is 2.36. The van der Waals surface area contributed by atoms with E-state index in [1.54, 1.807) is 0 Å². The van der Waals surface area contributed by atoms with Crippen LogP contribution in [0, 0.1) is 17.7 Å². The monoisotopic (exact) mass is 459 g/mol. The van der Waals surface area contributed by atoms with Crippen molar-refractivity contribution < 1.29 is 26.4 Å². The minimum atomic E-state index is -3.96. The Morgan fingerprint density at radius 1 is 1.13 bits per heavy atom. The number of hydrogen-bond donors (Lipinski definition) is 1. The molecule has 1 aromatic rings. The smallest absolute Gasteiger partial charge is 0.270 e. The van der Waals surface area contributed by atoms with Crippen LogP contribution in [0.1, 0.15) is 76.7 Å². The van der Waals surface area contributed by atoms with E-state index in [4.69, 9.17) is 5.73 Å². The predicted molar refractivity (Wildman–Crippen MR) is 113 cm³/mol.